The summed E-state index contributed by atoms with van der Waals surface area (Å²) >= 11 is 0. The molecule has 0 atom stereocenters. The molecule has 0 aliphatic heterocycles. The lowest BCUT2D eigenvalue weighted by Gasteiger charge is -2.08. The van der Waals surface area contributed by atoms with E-state index in [0.717, 1.165) is 0 Å². The standard InChI is InChI=1S/C17H16N2O4/c1-2-18-15(20)11-7-9-12(10-8-11)19-16(21)13-5-3-4-6-14(13)17(22)23/h3-10H,2H2,1H3,(H,18,20)(H,19,21)(H,22,23). The molecule has 2 amide bonds. The second-order valence-corrected chi connectivity index (χ2v) is 4.74. The summed E-state index contributed by atoms with van der Waals surface area (Å²) in [6, 6.07) is 12.3. The van der Waals surface area contributed by atoms with Gasteiger partial charge >= 0.3 is 5.97 Å². The molecule has 0 aliphatic rings. The summed E-state index contributed by atoms with van der Waals surface area (Å²) in [6.07, 6.45) is 0. The van der Waals surface area contributed by atoms with Crippen molar-refractivity contribution >= 4 is 23.5 Å². The molecule has 0 heterocycles. The summed E-state index contributed by atoms with van der Waals surface area (Å²) < 4.78 is 0. The molecule has 118 valence electrons. The van der Waals surface area contributed by atoms with Crippen LogP contribution in [0.2, 0.25) is 0 Å². The van der Waals surface area contributed by atoms with Crippen molar-refractivity contribution in [3.8, 4) is 0 Å². The third kappa shape index (κ3) is 3.94. The fourth-order valence-corrected chi connectivity index (χ4v) is 2.03. The highest BCUT2D eigenvalue weighted by Crippen LogP contribution is 2.14. The number of aromatic carboxylic acids is 1. The average Bonchev–Trinajstić information content (AvgIpc) is 2.55. The molecular weight excluding hydrogens is 296 g/mol. The summed E-state index contributed by atoms with van der Waals surface area (Å²) in [5.74, 6) is -1.88. The van der Waals surface area contributed by atoms with Gasteiger partial charge < -0.3 is 15.7 Å². The number of carboxylic acids is 1. The van der Waals surface area contributed by atoms with Gasteiger partial charge in [0.1, 0.15) is 0 Å². The van der Waals surface area contributed by atoms with Crippen LogP contribution in [0, 0.1) is 0 Å². The van der Waals surface area contributed by atoms with Gasteiger partial charge in [-0.25, -0.2) is 4.79 Å². The van der Waals surface area contributed by atoms with Crippen LogP contribution in [0.15, 0.2) is 48.5 Å². The van der Waals surface area contributed by atoms with Gasteiger partial charge in [0, 0.05) is 17.8 Å². The zero-order chi connectivity index (χ0) is 16.8. The number of carbonyl (C=O) groups is 3. The first-order valence-electron chi connectivity index (χ1n) is 7.05. The summed E-state index contributed by atoms with van der Waals surface area (Å²) in [6.45, 7) is 2.36. The molecule has 0 spiro atoms. The number of carboxylic acid groups (broad SMARTS) is 1. The Hall–Kier alpha value is -3.15. The summed E-state index contributed by atoms with van der Waals surface area (Å²) in [4.78, 5) is 35.0. The Morgan fingerprint density at radius 3 is 2.09 bits per heavy atom. The van der Waals surface area contributed by atoms with Gasteiger partial charge in [-0.2, -0.15) is 0 Å². The molecule has 6 nitrogen and oxygen atoms in total. The zero-order valence-corrected chi connectivity index (χ0v) is 12.5. The monoisotopic (exact) mass is 312 g/mol. The van der Waals surface area contributed by atoms with E-state index in [1.54, 1.807) is 36.4 Å². The Labute approximate surface area is 133 Å². The molecule has 0 unspecified atom stereocenters. The minimum Gasteiger partial charge on any atom is -0.478 e. The van der Waals surface area contributed by atoms with E-state index in [4.69, 9.17) is 5.11 Å². The van der Waals surface area contributed by atoms with Gasteiger partial charge in [-0.15, -0.1) is 0 Å². The maximum Gasteiger partial charge on any atom is 0.336 e. The molecule has 3 N–H and O–H groups in total. The molecule has 0 aliphatic carbocycles. The Morgan fingerprint density at radius 2 is 1.52 bits per heavy atom. The summed E-state index contributed by atoms with van der Waals surface area (Å²) in [5.41, 5.74) is 0.968. The zero-order valence-electron chi connectivity index (χ0n) is 12.5. The lowest BCUT2D eigenvalue weighted by Crippen LogP contribution is -2.22. The van der Waals surface area contributed by atoms with Crippen LogP contribution in [0.25, 0.3) is 0 Å². The normalized spacial score (nSPS) is 9.96. The van der Waals surface area contributed by atoms with Crippen molar-refractivity contribution in [2.45, 2.75) is 6.92 Å². The van der Waals surface area contributed by atoms with E-state index in [9.17, 15) is 14.4 Å². The van der Waals surface area contributed by atoms with Crippen LogP contribution in [-0.2, 0) is 0 Å². The van der Waals surface area contributed by atoms with Crippen LogP contribution in [-0.4, -0.2) is 29.4 Å². The predicted molar refractivity (Wildman–Crippen MR) is 85.8 cm³/mol. The molecule has 23 heavy (non-hydrogen) atoms. The minimum absolute atomic E-state index is 0.0658. The summed E-state index contributed by atoms with van der Waals surface area (Å²) in [5, 5.41) is 14.4. The number of anilines is 1. The molecule has 0 saturated carbocycles. The van der Waals surface area contributed by atoms with Crippen LogP contribution in [0.3, 0.4) is 0 Å². The molecule has 6 heteroatoms. The molecule has 0 saturated heterocycles. The molecule has 0 aromatic heterocycles. The highest BCUT2D eigenvalue weighted by atomic mass is 16.4. The average molecular weight is 312 g/mol. The molecule has 2 aromatic rings. The van der Waals surface area contributed by atoms with Crippen molar-refractivity contribution in [3.05, 3.63) is 65.2 Å². The van der Waals surface area contributed by atoms with E-state index < -0.39 is 11.9 Å². The van der Waals surface area contributed by atoms with Gasteiger partial charge in [-0.1, -0.05) is 12.1 Å². The maximum atomic E-state index is 12.2. The van der Waals surface area contributed by atoms with Gasteiger partial charge in [0.05, 0.1) is 11.1 Å². The number of benzene rings is 2. The Bertz CT molecular complexity index is 739. The summed E-state index contributed by atoms with van der Waals surface area (Å²) in [7, 11) is 0. The van der Waals surface area contributed by atoms with Crippen molar-refractivity contribution in [2.24, 2.45) is 0 Å². The fourth-order valence-electron chi connectivity index (χ4n) is 2.03. The van der Waals surface area contributed by atoms with Crippen molar-refractivity contribution in [1.82, 2.24) is 5.32 Å². The molecule has 2 aromatic carbocycles. The molecule has 2 rings (SSSR count). The third-order valence-electron chi connectivity index (χ3n) is 3.14. The van der Waals surface area contributed by atoms with E-state index in [0.29, 0.717) is 17.8 Å². The highest BCUT2D eigenvalue weighted by Gasteiger charge is 2.15. The first kappa shape index (κ1) is 16.2. The molecular formula is C17H16N2O4. The lowest BCUT2D eigenvalue weighted by molar-refractivity contribution is 0.0692. The number of amides is 2. The Morgan fingerprint density at radius 1 is 0.913 bits per heavy atom. The third-order valence-corrected chi connectivity index (χ3v) is 3.14. The van der Waals surface area contributed by atoms with Gasteiger partial charge in [0.2, 0.25) is 0 Å². The van der Waals surface area contributed by atoms with Crippen LogP contribution < -0.4 is 10.6 Å². The van der Waals surface area contributed by atoms with Crippen molar-refractivity contribution in [1.29, 1.82) is 0 Å². The van der Waals surface area contributed by atoms with E-state index in [2.05, 4.69) is 10.6 Å². The largest absolute Gasteiger partial charge is 0.478 e. The van der Waals surface area contributed by atoms with Gasteiger partial charge in [-0.3, -0.25) is 9.59 Å². The lowest BCUT2D eigenvalue weighted by atomic mass is 10.1. The van der Waals surface area contributed by atoms with E-state index in [-0.39, 0.29) is 17.0 Å². The van der Waals surface area contributed by atoms with Crippen LogP contribution in [0.4, 0.5) is 5.69 Å². The second kappa shape index (κ2) is 7.22. The first-order valence-corrected chi connectivity index (χ1v) is 7.05. The van der Waals surface area contributed by atoms with Crippen LogP contribution in [0.5, 0.6) is 0 Å². The van der Waals surface area contributed by atoms with E-state index in [1.807, 2.05) is 6.92 Å². The van der Waals surface area contributed by atoms with Gasteiger partial charge in [0.15, 0.2) is 0 Å². The second-order valence-electron chi connectivity index (χ2n) is 4.74. The van der Waals surface area contributed by atoms with Gasteiger partial charge in [-0.05, 0) is 43.3 Å². The smallest absolute Gasteiger partial charge is 0.336 e. The number of carbonyl (C=O) groups excluding carboxylic acids is 2. The topological polar surface area (TPSA) is 95.5 Å². The molecule has 0 fully saturated rings. The van der Waals surface area contributed by atoms with Crippen molar-refractivity contribution in [3.63, 3.8) is 0 Å². The molecule has 0 radical (unpaired) electrons. The van der Waals surface area contributed by atoms with Crippen LogP contribution in [0.1, 0.15) is 38.0 Å². The van der Waals surface area contributed by atoms with E-state index in [1.165, 1.54) is 12.1 Å². The van der Waals surface area contributed by atoms with Gasteiger partial charge in [0.25, 0.3) is 11.8 Å². The SMILES string of the molecule is CCNC(=O)c1ccc(NC(=O)c2ccccc2C(=O)O)cc1. The predicted octanol–water partition coefficient (Wildman–Crippen LogP) is 2.39. The Balaban J connectivity index is 2.15. The minimum atomic E-state index is -1.16. The number of hydrogen-bond donors (Lipinski definition) is 3. The van der Waals surface area contributed by atoms with Crippen LogP contribution >= 0.6 is 0 Å². The number of rotatable bonds is 5. The quantitative estimate of drug-likeness (QED) is 0.790. The highest BCUT2D eigenvalue weighted by molar-refractivity contribution is 6.10. The van der Waals surface area contributed by atoms with E-state index >= 15 is 0 Å². The number of nitrogens with one attached hydrogen (secondary N) is 2. The number of hydrogen-bond acceptors (Lipinski definition) is 3. The van der Waals surface area contributed by atoms with Crippen molar-refractivity contribution < 1.29 is 19.5 Å². The maximum absolute atomic E-state index is 12.2. The fraction of sp³-hybridized carbons (Fsp3) is 0.118. The molecule has 0 bridgehead atoms. The van der Waals surface area contributed by atoms with Crippen molar-refractivity contribution in [2.75, 3.05) is 11.9 Å². The Kier molecular flexibility index (Phi) is 5.09. The first-order chi connectivity index (χ1) is 11.0.